The van der Waals surface area contributed by atoms with Crippen LogP contribution in [-0.4, -0.2) is 11.3 Å². The van der Waals surface area contributed by atoms with Crippen molar-refractivity contribution in [2.24, 2.45) is 5.11 Å². The van der Waals surface area contributed by atoms with E-state index in [0.717, 1.165) is 0 Å². The highest BCUT2D eigenvalue weighted by molar-refractivity contribution is 6.63. The molecule has 0 aliphatic carbocycles. The molecule has 0 aromatic heterocycles. The molecule has 1 atom stereocenters. The Hall–Kier alpha value is -0.730. The van der Waals surface area contributed by atoms with Gasteiger partial charge < -0.3 is 0 Å². The molecule has 10 heavy (non-hydrogen) atoms. The van der Waals surface area contributed by atoms with Crippen molar-refractivity contribution in [1.82, 2.24) is 0 Å². The van der Waals surface area contributed by atoms with Crippen molar-refractivity contribution >= 4 is 16.8 Å². The zero-order valence-electron chi connectivity index (χ0n) is 5.62. The Bertz CT molecular complexity index is 164. The minimum Gasteiger partial charge on any atom is -0.281 e. The van der Waals surface area contributed by atoms with E-state index in [1.54, 1.807) is 6.92 Å². The van der Waals surface area contributed by atoms with Gasteiger partial charge in [-0.05, 0) is 23.6 Å². The van der Waals surface area contributed by atoms with Gasteiger partial charge in [0.2, 0.25) is 5.24 Å². The first-order valence-corrected chi connectivity index (χ1v) is 3.27. The summed E-state index contributed by atoms with van der Waals surface area (Å²) in [5.41, 5.74) is 7.94. The maximum absolute atomic E-state index is 10.2. The number of azide groups is 1. The summed E-state index contributed by atoms with van der Waals surface area (Å²) in [6.45, 7) is 1.74. The van der Waals surface area contributed by atoms with Gasteiger partial charge in [0.05, 0.1) is 0 Å². The molecule has 0 heterocycles. The molecule has 0 N–H and O–H groups in total. The normalized spacial score (nSPS) is 11.8. The lowest BCUT2D eigenvalue weighted by Crippen LogP contribution is -1.98. The molecular weight excluding hydrogens is 154 g/mol. The van der Waals surface area contributed by atoms with Gasteiger partial charge in [0.25, 0.3) is 0 Å². The fourth-order valence-corrected chi connectivity index (χ4v) is 0.577. The van der Waals surface area contributed by atoms with Crippen molar-refractivity contribution in [2.75, 3.05) is 0 Å². The zero-order chi connectivity index (χ0) is 7.98. The van der Waals surface area contributed by atoms with Gasteiger partial charge in [-0.25, -0.2) is 0 Å². The first-order chi connectivity index (χ1) is 4.66. The zero-order valence-corrected chi connectivity index (χ0v) is 6.38. The van der Waals surface area contributed by atoms with E-state index in [2.05, 4.69) is 10.0 Å². The van der Waals surface area contributed by atoms with Gasteiger partial charge in [0, 0.05) is 17.4 Å². The standard InChI is InChI=1S/C5H8ClN3O/c1-4(8-9-7)2-3-5(6)10/h4H,2-3H2,1H3. The molecule has 0 saturated heterocycles. The number of hydrogen-bond acceptors (Lipinski definition) is 2. The lowest BCUT2D eigenvalue weighted by atomic mass is 10.2. The topological polar surface area (TPSA) is 65.8 Å². The minimum absolute atomic E-state index is 0.146. The third-order valence-electron chi connectivity index (χ3n) is 1.01. The molecule has 0 aliphatic rings. The van der Waals surface area contributed by atoms with Crippen LogP contribution >= 0.6 is 11.6 Å². The van der Waals surface area contributed by atoms with Crippen LogP contribution in [0.15, 0.2) is 5.11 Å². The van der Waals surface area contributed by atoms with Gasteiger partial charge in [-0.2, -0.15) is 0 Å². The molecule has 0 saturated carbocycles. The number of carbonyl (C=O) groups is 1. The quantitative estimate of drug-likeness (QED) is 0.270. The molecule has 0 spiro atoms. The molecule has 0 rings (SSSR count). The summed E-state index contributed by atoms with van der Waals surface area (Å²) in [4.78, 5) is 12.8. The maximum Gasteiger partial charge on any atom is 0.221 e. The molecule has 0 fully saturated rings. The van der Waals surface area contributed by atoms with Crippen LogP contribution in [0.3, 0.4) is 0 Å². The Morgan fingerprint density at radius 2 is 2.50 bits per heavy atom. The summed E-state index contributed by atoms with van der Waals surface area (Å²) in [6.07, 6.45) is 0.786. The summed E-state index contributed by atoms with van der Waals surface area (Å²) in [7, 11) is 0. The highest BCUT2D eigenvalue weighted by Crippen LogP contribution is 2.02. The second-order valence-corrected chi connectivity index (χ2v) is 2.37. The molecule has 0 aromatic carbocycles. The number of hydrogen-bond donors (Lipinski definition) is 0. The van der Waals surface area contributed by atoms with Crippen molar-refractivity contribution in [3.63, 3.8) is 0 Å². The van der Waals surface area contributed by atoms with Crippen LogP contribution in [0, 0.1) is 0 Å². The lowest BCUT2D eigenvalue weighted by Gasteiger charge is -1.98. The van der Waals surface area contributed by atoms with Gasteiger partial charge in [-0.15, -0.1) is 0 Å². The molecule has 0 aromatic rings. The third kappa shape index (κ3) is 5.41. The Labute approximate surface area is 63.8 Å². The van der Waals surface area contributed by atoms with Crippen LogP contribution in [-0.2, 0) is 4.79 Å². The van der Waals surface area contributed by atoms with Crippen molar-refractivity contribution in [3.8, 4) is 0 Å². The summed E-state index contributed by atoms with van der Waals surface area (Å²) in [6, 6.07) is -0.146. The molecule has 56 valence electrons. The summed E-state index contributed by atoms with van der Waals surface area (Å²) in [5, 5.41) is 2.98. The van der Waals surface area contributed by atoms with E-state index in [9.17, 15) is 4.79 Å². The van der Waals surface area contributed by atoms with E-state index < -0.39 is 0 Å². The molecule has 1 unspecified atom stereocenters. The van der Waals surface area contributed by atoms with Gasteiger partial charge in [-0.1, -0.05) is 12.0 Å². The Kier molecular flexibility index (Phi) is 4.72. The second kappa shape index (κ2) is 5.09. The van der Waals surface area contributed by atoms with E-state index in [1.807, 2.05) is 0 Å². The van der Waals surface area contributed by atoms with E-state index in [1.165, 1.54) is 0 Å². The molecule has 0 radical (unpaired) electrons. The van der Waals surface area contributed by atoms with E-state index >= 15 is 0 Å². The van der Waals surface area contributed by atoms with E-state index in [-0.39, 0.29) is 17.7 Å². The van der Waals surface area contributed by atoms with Gasteiger partial charge >= 0.3 is 0 Å². The van der Waals surface area contributed by atoms with Crippen LogP contribution < -0.4 is 0 Å². The SMILES string of the molecule is CC(CCC(=O)Cl)N=[N+]=[N-]. The summed E-state index contributed by atoms with van der Waals surface area (Å²) in [5.74, 6) is 0. The lowest BCUT2D eigenvalue weighted by molar-refractivity contribution is -0.111. The molecule has 0 amide bonds. The second-order valence-electron chi connectivity index (χ2n) is 1.95. The van der Waals surface area contributed by atoms with Crippen molar-refractivity contribution in [1.29, 1.82) is 0 Å². The van der Waals surface area contributed by atoms with E-state index in [4.69, 9.17) is 17.1 Å². The number of carbonyl (C=O) groups excluding carboxylic acids is 1. The number of rotatable bonds is 4. The van der Waals surface area contributed by atoms with Crippen molar-refractivity contribution in [2.45, 2.75) is 25.8 Å². The van der Waals surface area contributed by atoms with Crippen LogP contribution in [0.1, 0.15) is 19.8 Å². The monoisotopic (exact) mass is 161 g/mol. The smallest absolute Gasteiger partial charge is 0.221 e. The number of nitrogens with zero attached hydrogens (tertiary/aromatic N) is 3. The predicted molar refractivity (Wildman–Crippen MR) is 38.7 cm³/mol. The van der Waals surface area contributed by atoms with Crippen LogP contribution in [0.2, 0.25) is 0 Å². The molecule has 0 aliphatic heterocycles. The Morgan fingerprint density at radius 3 is 2.90 bits per heavy atom. The van der Waals surface area contributed by atoms with Crippen molar-refractivity contribution in [3.05, 3.63) is 10.4 Å². The predicted octanol–water partition coefficient (Wildman–Crippen LogP) is 2.23. The third-order valence-corrected chi connectivity index (χ3v) is 1.20. The van der Waals surface area contributed by atoms with Crippen LogP contribution in [0.25, 0.3) is 10.4 Å². The molecular formula is C5H8ClN3O. The van der Waals surface area contributed by atoms with Gasteiger partial charge in [0.1, 0.15) is 0 Å². The van der Waals surface area contributed by atoms with E-state index in [0.29, 0.717) is 6.42 Å². The van der Waals surface area contributed by atoms with Gasteiger partial charge in [-0.3, -0.25) is 4.79 Å². The van der Waals surface area contributed by atoms with Crippen molar-refractivity contribution < 1.29 is 4.79 Å². The largest absolute Gasteiger partial charge is 0.281 e. The van der Waals surface area contributed by atoms with Crippen LogP contribution in [0.5, 0.6) is 0 Å². The average molecular weight is 162 g/mol. The first kappa shape index (κ1) is 9.27. The first-order valence-electron chi connectivity index (χ1n) is 2.89. The fraction of sp³-hybridized carbons (Fsp3) is 0.800. The maximum atomic E-state index is 10.2. The minimum atomic E-state index is -0.389. The average Bonchev–Trinajstić information content (AvgIpc) is 1.85. The molecule has 5 heteroatoms. The van der Waals surface area contributed by atoms with Gasteiger partial charge in [0.15, 0.2) is 0 Å². The highest BCUT2D eigenvalue weighted by atomic mass is 35.5. The summed E-state index contributed by atoms with van der Waals surface area (Å²) >= 11 is 5.05. The number of halogens is 1. The molecule has 4 nitrogen and oxygen atoms in total. The summed E-state index contributed by atoms with van der Waals surface area (Å²) < 4.78 is 0. The fourth-order valence-electron chi connectivity index (χ4n) is 0.468. The van der Waals surface area contributed by atoms with Crippen LogP contribution in [0.4, 0.5) is 0 Å². The Balaban J connectivity index is 3.48. The molecule has 0 bridgehead atoms. The highest BCUT2D eigenvalue weighted by Gasteiger charge is 2.01. The Morgan fingerprint density at radius 1 is 1.90 bits per heavy atom.